The van der Waals surface area contributed by atoms with Crippen molar-refractivity contribution in [1.82, 2.24) is 24.6 Å². The fourth-order valence-corrected chi connectivity index (χ4v) is 1.88. The van der Waals surface area contributed by atoms with Crippen LogP contribution in [0.15, 0.2) is 30.5 Å². The van der Waals surface area contributed by atoms with Crippen molar-refractivity contribution in [2.24, 2.45) is 0 Å². The van der Waals surface area contributed by atoms with Crippen LogP contribution >= 0.6 is 0 Å². The first-order valence-corrected chi connectivity index (χ1v) is 6.07. The van der Waals surface area contributed by atoms with E-state index in [1.807, 2.05) is 42.6 Å². The van der Waals surface area contributed by atoms with Gasteiger partial charge in [0, 0.05) is 11.9 Å². The van der Waals surface area contributed by atoms with Crippen LogP contribution in [0, 0.1) is 13.8 Å². The molecule has 0 aliphatic heterocycles. The average Bonchev–Trinajstić information content (AvgIpc) is 2.81. The number of pyridine rings is 1. The zero-order valence-electron chi connectivity index (χ0n) is 10.8. The van der Waals surface area contributed by atoms with E-state index in [4.69, 9.17) is 0 Å². The van der Waals surface area contributed by atoms with Gasteiger partial charge in [0.2, 0.25) is 5.95 Å². The van der Waals surface area contributed by atoms with Gasteiger partial charge in [-0.3, -0.25) is 0 Å². The second kappa shape index (κ2) is 4.64. The molecule has 0 unspecified atom stereocenters. The standard InChI is InChI=1S/C13H14N6/c1-9-4-3-5-12-17-13(18-19(9)12)15-8-11-6-7-14-10(2)16-11/h3-7H,8H2,1-2H3,(H,15,18). The van der Waals surface area contributed by atoms with E-state index in [0.717, 1.165) is 22.9 Å². The quantitative estimate of drug-likeness (QED) is 0.771. The molecule has 0 radical (unpaired) electrons. The maximum absolute atomic E-state index is 4.41. The zero-order chi connectivity index (χ0) is 13.2. The molecule has 0 fully saturated rings. The molecule has 3 rings (SSSR count). The molecule has 96 valence electrons. The highest BCUT2D eigenvalue weighted by molar-refractivity contribution is 5.44. The minimum Gasteiger partial charge on any atom is -0.347 e. The second-order valence-corrected chi connectivity index (χ2v) is 4.32. The lowest BCUT2D eigenvalue weighted by molar-refractivity contribution is 0.899. The lowest BCUT2D eigenvalue weighted by Gasteiger charge is -2.01. The minimum atomic E-state index is 0.583. The molecule has 3 aromatic heterocycles. The van der Waals surface area contributed by atoms with Gasteiger partial charge >= 0.3 is 0 Å². The first-order chi connectivity index (χ1) is 9.22. The number of nitrogens with one attached hydrogen (secondary N) is 1. The Hall–Kier alpha value is -2.50. The first-order valence-electron chi connectivity index (χ1n) is 6.07. The van der Waals surface area contributed by atoms with Crippen molar-refractivity contribution in [2.75, 3.05) is 5.32 Å². The predicted molar refractivity (Wildman–Crippen MR) is 71.8 cm³/mol. The van der Waals surface area contributed by atoms with E-state index in [1.165, 1.54) is 0 Å². The lowest BCUT2D eigenvalue weighted by atomic mass is 10.4. The van der Waals surface area contributed by atoms with Gasteiger partial charge in [0.25, 0.3) is 0 Å². The molecule has 0 saturated carbocycles. The molecule has 0 aromatic carbocycles. The summed E-state index contributed by atoms with van der Waals surface area (Å²) in [7, 11) is 0. The number of hydrogen-bond donors (Lipinski definition) is 1. The third kappa shape index (κ3) is 2.37. The van der Waals surface area contributed by atoms with Crippen molar-refractivity contribution >= 4 is 11.6 Å². The highest BCUT2D eigenvalue weighted by Crippen LogP contribution is 2.08. The number of fused-ring (bicyclic) bond motifs is 1. The molecule has 1 N–H and O–H groups in total. The Bertz CT molecular complexity index is 718. The van der Waals surface area contributed by atoms with Gasteiger partial charge in [-0.2, -0.15) is 4.98 Å². The van der Waals surface area contributed by atoms with Crippen LogP contribution in [0.4, 0.5) is 5.95 Å². The highest BCUT2D eigenvalue weighted by atomic mass is 15.3. The molecule has 6 nitrogen and oxygen atoms in total. The average molecular weight is 254 g/mol. The van der Waals surface area contributed by atoms with E-state index in [-0.39, 0.29) is 0 Å². The Labute approximate surface area is 110 Å². The van der Waals surface area contributed by atoms with Gasteiger partial charge in [-0.1, -0.05) is 6.07 Å². The first kappa shape index (κ1) is 11.6. The summed E-state index contributed by atoms with van der Waals surface area (Å²) in [6, 6.07) is 7.78. The van der Waals surface area contributed by atoms with E-state index in [1.54, 1.807) is 6.20 Å². The smallest absolute Gasteiger partial charge is 0.243 e. The maximum Gasteiger partial charge on any atom is 0.243 e. The number of aromatic nitrogens is 5. The Morgan fingerprint density at radius 3 is 2.84 bits per heavy atom. The fourth-order valence-electron chi connectivity index (χ4n) is 1.88. The molecule has 0 amide bonds. The molecule has 0 bridgehead atoms. The summed E-state index contributed by atoms with van der Waals surface area (Å²) >= 11 is 0. The molecule has 0 atom stereocenters. The Balaban J connectivity index is 1.80. The van der Waals surface area contributed by atoms with Crippen molar-refractivity contribution in [3.8, 4) is 0 Å². The van der Waals surface area contributed by atoms with Crippen LogP contribution < -0.4 is 5.32 Å². The van der Waals surface area contributed by atoms with E-state index >= 15 is 0 Å². The molecule has 0 spiro atoms. The van der Waals surface area contributed by atoms with Gasteiger partial charge in [0.05, 0.1) is 12.2 Å². The molecule has 0 aliphatic rings. The third-order valence-corrected chi connectivity index (χ3v) is 2.81. The summed E-state index contributed by atoms with van der Waals surface area (Å²) in [5.41, 5.74) is 2.81. The van der Waals surface area contributed by atoms with Gasteiger partial charge in [-0.05, 0) is 32.0 Å². The number of anilines is 1. The molecule has 3 aromatic rings. The third-order valence-electron chi connectivity index (χ3n) is 2.81. The van der Waals surface area contributed by atoms with Crippen molar-refractivity contribution in [3.05, 3.63) is 47.7 Å². The Morgan fingerprint density at radius 1 is 1.16 bits per heavy atom. The van der Waals surface area contributed by atoms with Crippen LogP contribution in [0.3, 0.4) is 0 Å². The monoisotopic (exact) mass is 254 g/mol. The van der Waals surface area contributed by atoms with E-state index in [0.29, 0.717) is 12.5 Å². The van der Waals surface area contributed by atoms with Gasteiger partial charge in [0.15, 0.2) is 5.65 Å². The van der Waals surface area contributed by atoms with Gasteiger partial charge in [-0.25, -0.2) is 14.5 Å². The highest BCUT2D eigenvalue weighted by Gasteiger charge is 2.04. The number of hydrogen-bond acceptors (Lipinski definition) is 5. The van der Waals surface area contributed by atoms with Crippen LogP contribution in [0.5, 0.6) is 0 Å². The Kier molecular flexibility index (Phi) is 2.83. The summed E-state index contributed by atoms with van der Waals surface area (Å²) in [6.45, 7) is 4.45. The molecular formula is C13H14N6. The molecule has 0 saturated heterocycles. The van der Waals surface area contributed by atoms with Crippen LogP contribution in [-0.4, -0.2) is 24.6 Å². The summed E-state index contributed by atoms with van der Waals surface area (Å²) in [5, 5.41) is 7.57. The molecular weight excluding hydrogens is 240 g/mol. The minimum absolute atomic E-state index is 0.583. The second-order valence-electron chi connectivity index (χ2n) is 4.32. The van der Waals surface area contributed by atoms with Gasteiger partial charge in [0.1, 0.15) is 5.82 Å². The topological polar surface area (TPSA) is 68.0 Å². The van der Waals surface area contributed by atoms with Crippen LogP contribution in [0.25, 0.3) is 5.65 Å². The molecule has 3 heterocycles. The molecule has 19 heavy (non-hydrogen) atoms. The SMILES string of the molecule is Cc1nccc(CNc2nc3cccc(C)n3n2)n1. The summed E-state index contributed by atoms with van der Waals surface area (Å²) in [5.74, 6) is 1.36. The van der Waals surface area contributed by atoms with Gasteiger partial charge < -0.3 is 5.32 Å². The van der Waals surface area contributed by atoms with E-state index in [9.17, 15) is 0 Å². The summed E-state index contributed by atoms with van der Waals surface area (Å²) in [4.78, 5) is 12.8. The van der Waals surface area contributed by atoms with Crippen molar-refractivity contribution in [2.45, 2.75) is 20.4 Å². The molecule has 0 aliphatic carbocycles. The Morgan fingerprint density at radius 2 is 2.05 bits per heavy atom. The van der Waals surface area contributed by atoms with E-state index in [2.05, 4.69) is 25.4 Å². The largest absolute Gasteiger partial charge is 0.347 e. The summed E-state index contributed by atoms with van der Waals surface area (Å²) in [6.07, 6.45) is 1.75. The van der Waals surface area contributed by atoms with Crippen molar-refractivity contribution < 1.29 is 0 Å². The van der Waals surface area contributed by atoms with Crippen LogP contribution in [0.1, 0.15) is 17.2 Å². The van der Waals surface area contributed by atoms with Crippen molar-refractivity contribution in [1.29, 1.82) is 0 Å². The zero-order valence-corrected chi connectivity index (χ0v) is 10.8. The molecule has 6 heteroatoms. The number of nitrogens with zero attached hydrogens (tertiary/aromatic N) is 5. The fraction of sp³-hybridized carbons (Fsp3) is 0.231. The normalized spacial score (nSPS) is 10.8. The number of aryl methyl sites for hydroxylation is 2. The van der Waals surface area contributed by atoms with Crippen LogP contribution in [-0.2, 0) is 6.54 Å². The summed E-state index contributed by atoms with van der Waals surface area (Å²) < 4.78 is 1.81. The van der Waals surface area contributed by atoms with Crippen LogP contribution in [0.2, 0.25) is 0 Å². The van der Waals surface area contributed by atoms with E-state index < -0.39 is 0 Å². The van der Waals surface area contributed by atoms with Crippen molar-refractivity contribution in [3.63, 3.8) is 0 Å². The maximum atomic E-state index is 4.41. The number of rotatable bonds is 3. The predicted octanol–water partition coefficient (Wildman–Crippen LogP) is 1.75. The van der Waals surface area contributed by atoms with Gasteiger partial charge in [-0.15, -0.1) is 5.10 Å². The lowest BCUT2D eigenvalue weighted by Crippen LogP contribution is -2.04.